The molecule has 0 unspecified atom stereocenters. The van der Waals surface area contributed by atoms with Gasteiger partial charge in [0.15, 0.2) is 17.1 Å². The van der Waals surface area contributed by atoms with Crippen LogP contribution in [0, 0.1) is 0 Å². The van der Waals surface area contributed by atoms with Crippen LogP contribution >= 0.6 is 0 Å². The van der Waals surface area contributed by atoms with Crippen molar-refractivity contribution in [2.45, 2.75) is 0 Å². The SMILES string of the molecule is COc1cc(-c2cnc3[nH]cc(C(=O)NCCS(N)(=O)=O)c3n2)cc(OC)c1OC. The number of aromatic nitrogens is 3. The summed E-state index contributed by atoms with van der Waals surface area (Å²) in [5.74, 6) is 0.465. The van der Waals surface area contributed by atoms with Crippen molar-refractivity contribution in [1.82, 2.24) is 20.3 Å². The average molecular weight is 435 g/mol. The minimum atomic E-state index is -3.68. The molecule has 0 aliphatic rings. The lowest BCUT2D eigenvalue weighted by molar-refractivity contribution is 0.0957. The monoisotopic (exact) mass is 435 g/mol. The molecule has 3 rings (SSSR count). The number of carbonyl (C=O) groups is 1. The van der Waals surface area contributed by atoms with E-state index in [1.165, 1.54) is 27.5 Å². The fourth-order valence-electron chi connectivity index (χ4n) is 2.83. The maximum Gasteiger partial charge on any atom is 0.255 e. The molecule has 0 aliphatic heterocycles. The van der Waals surface area contributed by atoms with E-state index in [-0.39, 0.29) is 17.9 Å². The van der Waals surface area contributed by atoms with Crippen LogP contribution in [-0.2, 0) is 10.0 Å². The number of primary sulfonamides is 1. The van der Waals surface area contributed by atoms with Crippen LogP contribution < -0.4 is 24.7 Å². The number of amides is 1. The number of benzene rings is 1. The van der Waals surface area contributed by atoms with Gasteiger partial charge in [-0.2, -0.15) is 0 Å². The summed E-state index contributed by atoms with van der Waals surface area (Å²) in [6, 6.07) is 3.44. The normalized spacial score (nSPS) is 11.3. The first-order valence-corrected chi connectivity index (χ1v) is 10.4. The van der Waals surface area contributed by atoms with Gasteiger partial charge in [0.25, 0.3) is 5.91 Å². The summed E-state index contributed by atoms with van der Waals surface area (Å²) in [6.45, 7) is -0.121. The predicted octanol–water partition coefficient (Wildman–Crippen LogP) is 0.669. The van der Waals surface area contributed by atoms with Gasteiger partial charge in [0, 0.05) is 18.3 Å². The number of hydrogen-bond donors (Lipinski definition) is 3. The van der Waals surface area contributed by atoms with E-state index in [0.29, 0.717) is 39.7 Å². The number of hydrogen-bond acceptors (Lipinski definition) is 8. The van der Waals surface area contributed by atoms with Crippen molar-refractivity contribution in [1.29, 1.82) is 0 Å². The summed E-state index contributed by atoms with van der Waals surface area (Å²) in [5.41, 5.74) is 2.07. The molecule has 12 heteroatoms. The van der Waals surface area contributed by atoms with E-state index >= 15 is 0 Å². The van der Waals surface area contributed by atoms with E-state index < -0.39 is 15.9 Å². The number of nitrogens with zero attached hydrogens (tertiary/aromatic N) is 2. The zero-order valence-corrected chi connectivity index (χ0v) is 17.4. The Morgan fingerprint density at radius 2 is 1.83 bits per heavy atom. The highest BCUT2D eigenvalue weighted by atomic mass is 32.2. The van der Waals surface area contributed by atoms with E-state index in [1.807, 2.05) is 0 Å². The Kier molecular flexibility index (Phi) is 6.08. The number of H-pyrrole nitrogens is 1. The van der Waals surface area contributed by atoms with Crippen molar-refractivity contribution in [3.05, 3.63) is 30.1 Å². The average Bonchev–Trinajstić information content (AvgIpc) is 3.14. The van der Waals surface area contributed by atoms with E-state index in [9.17, 15) is 13.2 Å². The molecule has 2 heterocycles. The van der Waals surface area contributed by atoms with Gasteiger partial charge in [-0.1, -0.05) is 0 Å². The van der Waals surface area contributed by atoms with Gasteiger partial charge in [0.05, 0.1) is 44.5 Å². The third kappa shape index (κ3) is 4.44. The van der Waals surface area contributed by atoms with Crippen molar-refractivity contribution in [2.75, 3.05) is 33.6 Å². The second-order valence-electron chi connectivity index (χ2n) is 6.19. The molecular formula is C18H21N5O6S. The molecule has 0 radical (unpaired) electrons. The Balaban J connectivity index is 1.98. The number of methoxy groups -OCH3 is 3. The Hall–Kier alpha value is -3.38. The van der Waals surface area contributed by atoms with Crippen LogP contribution in [0.4, 0.5) is 0 Å². The van der Waals surface area contributed by atoms with Crippen molar-refractivity contribution < 1.29 is 27.4 Å². The van der Waals surface area contributed by atoms with Gasteiger partial charge < -0.3 is 24.5 Å². The van der Waals surface area contributed by atoms with E-state index in [1.54, 1.807) is 18.3 Å². The first-order valence-electron chi connectivity index (χ1n) is 8.70. The lowest BCUT2D eigenvalue weighted by Crippen LogP contribution is -2.31. The predicted molar refractivity (Wildman–Crippen MR) is 109 cm³/mol. The third-order valence-corrected chi connectivity index (χ3v) is 5.03. The summed E-state index contributed by atoms with van der Waals surface area (Å²) in [6.07, 6.45) is 3.00. The van der Waals surface area contributed by atoms with Gasteiger partial charge in [-0.05, 0) is 12.1 Å². The van der Waals surface area contributed by atoms with Crippen molar-refractivity contribution >= 4 is 27.1 Å². The maximum atomic E-state index is 12.4. The van der Waals surface area contributed by atoms with E-state index in [2.05, 4.69) is 20.3 Å². The molecular weight excluding hydrogens is 414 g/mol. The number of aromatic amines is 1. The minimum absolute atomic E-state index is 0.121. The molecule has 30 heavy (non-hydrogen) atoms. The Morgan fingerprint density at radius 3 is 2.40 bits per heavy atom. The summed E-state index contributed by atoms with van der Waals surface area (Å²) < 4.78 is 38.1. The molecule has 3 aromatic rings. The number of carbonyl (C=O) groups excluding carboxylic acids is 1. The van der Waals surface area contributed by atoms with Gasteiger partial charge >= 0.3 is 0 Å². The molecule has 2 aromatic heterocycles. The Morgan fingerprint density at radius 1 is 1.17 bits per heavy atom. The first-order chi connectivity index (χ1) is 14.3. The zero-order chi connectivity index (χ0) is 21.9. The molecule has 0 atom stereocenters. The number of sulfonamides is 1. The van der Waals surface area contributed by atoms with Crippen molar-refractivity contribution in [3.8, 4) is 28.5 Å². The molecule has 0 saturated heterocycles. The molecule has 1 amide bonds. The highest BCUT2D eigenvalue weighted by Gasteiger charge is 2.18. The maximum absolute atomic E-state index is 12.4. The van der Waals surface area contributed by atoms with Gasteiger partial charge in [0.2, 0.25) is 15.8 Å². The second-order valence-corrected chi connectivity index (χ2v) is 7.93. The molecule has 0 saturated carbocycles. The second kappa shape index (κ2) is 8.55. The fraction of sp³-hybridized carbons (Fsp3) is 0.278. The minimum Gasteiger partial charge on any atom is -0.493 e. The van der Waals surface area contributed by atoms with Crippen LogP contribution in [0.2, 0.25) is 0 Å². The lowest BCUT2D eigenvalue weighted by Gasteiger charge is -2.14. The number of fused-ring (bicyclic) bond motifs is 1. The molecule has 0 spiro atoms. The number of ether oxygens (including phenoxy) is 3. The largest absolute Gasteiger partial charge is 0.493 e. The first kappa shape index (κ1) is 21.3. The Labute approximate surface area is 172 Å². The summed E-state index contributed by atoms with van der Waals surface area (Å²) in [7, 11) is 0.841. The highest BCUT2D eigenvalue weighted by molar-refractivity contribution is 7.89. The highest BCUT2D eigenvalue weighted by Crippen LogP contribution is 2.40. The van der Waals surface area contributed by atoms with Crippen LogP contribution in [0.3, 0.4) is 0 Å². The van der Waals surface area contributed by atoms with Crippen LogP contribution in [0.25, 0.3) is 22.4 Å². The zero-order valence-electron chi connectivity index (χ0n) is 16.6. The topological polar surface area (TPSA) is 159 Å². The van der Waals surface area contributed by atoms with Gasteiger partial charge in [-0.25, -0.2) is 23.5 Å². The van der Waals surface area contributed by atoms with E-state index in [4.69, 9.17) is 19.3 Å². The molecule has 0 aliphatic carbocycles. The summed E-state index contributed by atoms with van der Waals surface area (Å²) in [5, 5.41) is 7.45. The van der Waals surface area contributed by atoms with Crippen molar-refractivity contribution in [2.24, 2.45) is 5.14 Å². The molecule has 0 bridgehead atoms. The van der Waals surface area contributed by atoms with Crippen LogP contribution in [0.1, 0.15) is 10.4 Å². The number of nitrogens with one attached hydrogen (secondary N) is 2. The standard InChI is InChI=1S/C18H21N5O6S/c1-27-13-6-10(7-14(28-2)16(13)29-3)12-9-22-17-15(23-12)11(8-21-17)18(24)20-4-5-30(19,25)26/h6-9H,4-5H2,1-3H3,(H,20,24)(H,21,22)(H2,19,25,26). The van der Waals surface area contributed by atoms with Crippen LogP contribution in [0.5, 0.6) is 17.2 Å². The molecule has 11 nitrogen and oxygen atoms in total. The summed E-state index contributed by atoms with van der Waals surface area (Å²) in [4.78, 5) is 24.2. The fourth-order valence-corrected chi connectivity index (χ4v) is 3.22. The summed E-state index contributed by atoms with van der Waals surface area (Å²) >= 11 is 0. The van der Waals surface area contributed by atoms with E-state index in [0.717, 1.165) is 0 Å². The number of nitrogens with two attached hydrogens (primary N) is 1. The van der Waals surface area contributed by atoms with Crippen LogP contribution in [-0.4, -0.2) is 62.9 Å². The van der Waals surface area contributed by atoms with Gasteiger partial charge in [0.1, 0.15) is 5.52 Å². The quantitative estimate of drug-likeness (QED) is 0.466. The van der Waals surface area contributed by atoms with Gasteiger partial charge in [-0.3, -0.25) is 4.79 Å². The smallest absolute Gasteiger partial charge is 0.255 e. The molecule has 4 N–H and O–H groups in total. The molecule has 0 fully saturated rings. The van der Waals surface area contributed by atoms with Gasteiger partial charge in [-0.15, -0.1) is 0 Å². The number of rotatable bonds is 8. The third-order valence-electron chi connectivity index (χ3n) is 4.26. The molecule has 160 valence electrons. The van der Waals surface area contributed by atoms with Crippen molar-refractivity contribution in [3.63, 3.8) is 0 Å². The molecule has 1 aromatic carbocycles. The van der Waals surface area contributed by atoms with Crippen LogP contribution in [0.15, 0.2) is 24.5 Å². The lowest BCUT2D eigenvalue weighted by atomic mass is 10.1. The Bertz CT molecular complexity index is 1170.